The van der Waals surface area contributed by atoms with E-state index in [0.717, 1.165) is 11.8 Å². The van der Waals surface area contributed by atoms with Crippen LogP contribution in [-0.2, 0) is 0 Å². The average Bonchev–Trinajstić information content (AvgIpc) is 2.37. The van der Waals surface area contributed by atoms with E-state index >= 15 is 0 Å². The quantitative estimate of drug-likeness (QED) is 0.533. The second-order valence-electron chi connectivity index (χ2n) is 4.39. The largest absolute Gasteiger partial charge is 0.303 e. The van der Waals surface area contributed by atoms with Gasteiger partial charge in [-0.15, -0.1) is 0 Å². The van der Waals surface area contributed by atoms with Crippen molar-refractivity contribution in [1.82, 2.24) is 4.90 Å². The van der Waals surface area contributed by atoms with Crippen LogP contribution in [-0.4, -0.2) is 24.5 Å². The van der Waals surface area contributed by atoms with E-state index in [-0.39, 0.29) is 0 Å². The molecule has 1 heteroatoms. The molecule has 0 radical (unpaired) electrons. The van der Waals surface area contributed by atoms with Crippen molar-refractivity contribution in [2.24, 2.45) is 17.3 Å². The molecule has 10 heavy (non-hydrogen) atoms. The molecule has 2 aliphatic rings. The van der Waals surface area contributed by atoms with Crippen molar-refractivity contribution in [3.63, 3.8) is 0 Å². The molecule has 2 unspecified atom stereocenters. The normalized spacial score (nSPS) is 43.5. The molecule has 2 rings (SSSR count). The first-order chi connectivity index (χ1) is 4.66. The van der Waals surface area contributed by atoms with Crippen LogP contribution >= 0.6 is 0 Å². The Labute approximate surface area is 63.4 Å². The Morgan fingerprint density at radius 2 is 1.80 bits per heavy atom. The lowest BCUT2D eigenvalue weighted by molar-refractivity contribution is 0.270. The SMILES string of the molecule is CCN1CC2C(C1)C2(C)C. The van der Waals surface area contributed by atoms with E-state index in [9.17, 15) is 0 Å². The smallest absolute Gasteiger partial charge is 0.00182 e. The van der Waals surface area contributed by atoms with Crippen LogP contribution in [0.3, 0.4) is 0 Å². The van der Waals surface area contributed by atoms with Gasteiger partial charge in [0.05, 0.1) is 0 Å². The molecular weight excluding hydrogens is 122 g/mol. The van der Waals surface area contributed by atoms with Crippen LogP contribution in [0.25, 0.3) is 0 Å². The van der Waals surface area contributed by atoms with Crippen molar-refractivity contribution in [3.05, 3.63) is 0 Å². The van der Waals surface area contributed by atoms with Gasteiger partial charge in [0.1, 0.15) is 0 Å². The third kappa shape index (κ3) is 0.672. The maximum Gasteiger partial charge on any atom is 0.00182 e. The summed E-state index contributed by atoms with van der Waals surface area (Å²) in [6.45, 7) is 11.1. The zero-order valence-electron chi connectivity index (χ0n) is 7.22. The van der Waals surface area contributed by atoms with Gasteiger partial charge in [0.25, 0.3) is 0 Å². The molecule has 0 aromatic rings. The standard InChI is InChI=1S/C9H17N/c1-4-10-5-7-8(6-10)9(7,2)3/h7-8H,4-6H2,1-3H3. The van der Waals surface area contributed by atoms with Gasteiger partial charge < -0.3 is 4.90 Å². The summed E-state index contributed by atoms with van der Waals surface area (Å²) in [4.78, 5) is 2.57. The lowest BCUT2D eigenvalue weighted by Gasteiger charge is -2.19. The number of hydrogen-bond acceptors (Lipinski definition) is 1. The number of nitrogens with zero attached hydrogens (tertiary/aromatic N) is 1. The first-order valence-corrected chi connectivity index (χ1v) is 4.38. The fraction of sp³-hybridized carbons (Fsp3) is 1.00. The summed E-state index contributed by atoms with van der Waals surface area (Å²) in [5.74, 6) is 2.07. The lowest BCUT2D eigenvalue weighted by atomic mass is 10.1. The van der Waals surface area contributed by atoms with Crippen molar-refractivity contribution in [3.8, 4) is 0 Å². The first-order valence-electron chi connectivity index (χ1n) is 4.38. The first kappa shape index (κ1) is 6.66. The van der Waals surface area contributed by atoms with Crippen LogP contribution < -0.4 is 0 Å². The van der Waals surface area contributed by atoms with E-state index in [1.807, 2.05) is 0 Å². The van der Waals surface area contributed by atoms with Crippen LogP contribution in [0.1, 0.15) is 20.8 Å². The molecule has 58 valence electrons. The molecule has 2 fully saturated rings. The predicted molar refractivity (Wildman–Crippen MR) is 42.9 cm³/mol. The van der Waals surface area contributed by atoms with E-state index < -0.39 is 0 Å². The highest BCUT2D eigenvalue weighted by Crippen LogP contribution is 2.61. The molecule has 0 aromatic carbocycles. The molecule has 1 saturated carbocycles. The van der Waals surface area contributed by atoms with Gasteiger partial charge in [-0.2, -0.15) is 0 Å². The van der Waals surface area contributed by atoms with Crippen LogP contribution in [0.4, 0.5) is 0 Å². The molecule has 1 saturated heterocycles. The van der Waals surface area contributed by atoms with E-state index in [4.69, 9.17) is 0 Å². The van der Waals surface area contributed by atoms with Crippen molar-refractivity contribution in [2.45, 2.75) is 20.8 Å². The molecule has 0 amide bonds. The fourth-order valence-corrected chi connectivity index (χ4v) is 2.47. The summed E-state index contributed by atoms with van der Waals surface area (Å²) >= 11 is 0. The zero-order chi connectivity index (χ0) is 7.35. The Balaban J connectivity index is 1.96. The van der Waals surface area contributed by atoms with Gasteiger partial charge in [0.15, 0.2) is 0 Å². The number of rotatable bonds is 1. The summed E-state index contributed by atoms with van der Waals surface area (Å²) in [6, 6.07) is 0. The lowest BCUT2D eigenvalue weighted by Crippen LogP contribution is -2.25. The average molecular weight is 139 g/mol. The monoisotopic (exact) mass is 139 g/mol. The van der Waals surface area contributed by atoms with Crippen LogP contribution in [0.15, 0.2) is 0 Å². The molecule has 1 aliphatic heterocycles. The van der Waals surface area contributed by atoms with Gasteiger partial charge >= 0.3 is 0 Å². The summed E-state index contributed by atoms with van der Waals surface area (Å²) in [7, 11) is 0. The Kier molecular flexibility index (Phi) is 1.17. The number of fused-ring (bicyclic) bond motifs is 1. The molecule has 0 spiro atoms. The summed E-state index contributed by atoms with van der Waals surface area (Å²) in [5, 5.41) is 0. The van der Waals surface area contributed by atoms with Crippen molar-refractivity contribution in [1.29, 1.82) is 0 Å². The minimum atomic E-state index is 0.700. The van der Waals surface area contributed by atoms with Crippen molar-refractivity contribution in [2.75, 3.05) is 19.6 Å². The minimum Gasteiger partial charge on any atom is -0.303 e. The van der Waals surface area contributed by atoms with Gasteiger partial charge in [0, 0.05) is 13.1 Å². The van der Waals surface area contributed by atoms with Gasteiger partial charge in [-0.3, -0.25) is 0 Å². The number of piperidine rings is 1. The van der Waals surface area contributed by atoms with E-state index in [2.05, 4.69) is 25.7 Å². The second kappa shape index (κ2) is 1.76. The van der Waals surface area contributed by atoms with Crippen molar-refractivity contribution < 1.29 is 0 Å². The maximum atomic E-state index is 2.57. The summed E-state index contributed by atoms with van der Waals surface area (Å²) < 4.78 is 0. The third-order valence-corrected chi connectivity index (χ3v) is 3.64. The van der Waals surface area contributed by atoms with Gasteiger partial charge in [0.2, 0.25) is 0 Å². The third-order valence-electron chi connectivity index (χ3n) is 3.64. The molecule has 1 aliphatic carbocycles. The molecule has 1 nitrogen and oxygen atoms in total. The predicted octanol–water partition coefficient (Wildman–Crippen LogP) is 1.59. The molecular formula is C9H17N. The molecule has 2 atom stereocenters. The topological polar surface area (TPSA) is 3.24 Å². The molecule has 0 bridgehead atoms. The highest BCUT2D eigenvalue weighted by molar-refractivity contribution is 5.11. The molecule has 0 aromatic heterocycles. The van der Waals surface area contributed by atoms with E-state index in [1.165, 1.54) is 19.6 Å². The van der Waals surface area contributed by atoms with Gasteiger partial charge in [-0.1, -0.05) is 20.8 Å². The fourth-order valence-electron chi connectivity index (χ4n) is 2.47. The van der Waals surface area contributed by atoms with Gasteiger partial charge in [-0.05, 0) is 23.8 Å². The zero-order valence-corrected chi connectivity index (χ0v) is 7.22. The summed E-state index contributed by atoms with van der Waals surface area (Å²) in [6.07, 6.45) is 0. The van der Waals surface area contributed by atoms with Crippen LogP contribution in [0, 0.1) is 17.3 Å². The Bertz CT molecular complexity index is 137. The minimum absolute atomic E-state index is 0.700. The Morgan fingerprint density at radius 1 is 1.30 bits per heavy atom. The Hall–Kier alpha value is -0.0400. The number of likely N-dealkylation sites (tertiary alicyclic amines) is 1. The maximum absolute atomic E-state index is 2.57. The summed E-state index contributed by atoms with van der Waals surface area (Å²) in [5.41, 5.74) is 0.700. The number of hydrogen-bond donors (Lipinski definition) is 0. The van der Waals surface area contributed by atoms with Crippen LogP contribution in [0.5, 0.6) is 0 Å². The highest BCUT2D eigenvalue weighted by Gasteiger charge is 2.61. The van der Waals surface area contributed by atoms with Gasteiger partial charge in [-0.25, -0.2) is 0 Å². The van der Waals surface area contributed by atoms with E-state index in [0.29, 0.717) is 5.41 Å². The van der Waals surface area contributed by atoms with E-state index in [1.54, 1.807) is 0 Å². The Morgan fingerprint density at radius 3 is 2.20 bits per heavy atom. The van der Waals surface area contributed by atoms with Crippen LogP contribution in [0.2, 0.25) is 0 Å². The highest BCUT2D eigenvalue weighted by atomic mass is 15.2. The second-order valence-corrected chi connectivity index (χ2v) is 4.39. The molecule has 0 N–H and O–H groups in total. The molecule has 1 heterocycles. The van der Waals surface area contributed by atoms with Crippen molar-refractivity contribution >= 4 is 0 Å².